The molecule has 0 saturated heterocycles. The normalized spacial score (nSPS) is 10.1. The van der Waals surface area contributed by atoms with E-state index in [2.05, 4.69) is 10.6 Å². The van der Waals surface area contributed by atoms with E-state index in [0.717, 1.165) is 0 Å². The van der Waals surface area contributed by atoms with Crippen LogP contribution < -0.4 is 24.8 Å². The Morgan fingerprint density at radius 1 is 0.774 bits per heavy atom. The van der Waals surface area contributed by atoms with Crippen LogP contribution in [0.25, 0.3) is 0 Å². The lowest BCUT2D eigenvalue weighted by molar-refractivity contribution is -0.118. The van der Waals surface area contributed by atoms with Crippen molar-refractivity contribution in [2.45, 2.75) is 6.92 Å². The minimum absolute atomic E-state index is 0.173. The molecule has 0 spiro atoms. The van der Waals surface area contributed by atoms with Crippen LogP contribution in [0.2, 0.25) is 0 Å². The zero-order valence-corrected chi connectivity index (χ0v) is 17.4. The number of para-hydroxylation sites is 4. The first-order valence-electron chi connectivity index (χ1n) is 9.79. The van der Waals surface area contributed by atoms with E-state index in [9.17, 15) is 9.59 Å². The molecule has 3 aromatic rings. The highest BCUT2D eigenvalue weighted by Crippen LogP contribution is 2.25. The lowest BCUT2D eigenvalue weighted by atomic mass is 10.2. The Morgan fingerprint density at radius 3 is 2.03 bits per heavy atom. The van der Waals surface area contributed by atoms with Gasteiger partial charge in [0, 0.05) is 5.56 Å². The van der Waals surface area contributed by atoms with Crippen LogP contribution in [0, 0.1) is 0 Å². The zero-order valence-electron chi connectivity index (χ0n) is 17.4. The average Bonchev–Trinajstić information content (AvgIpc) is 2.80. The van der Waals surface area contributed by atoms with Crippen molar-refractivity contribution in [3.63, 3.8) is 0 Å². The first-order chi connectivity index (χ1) is 15.1. The number of methoxy groups -OCH3 is 1. The van der Waals surface area contributed by atoms with E-state index in [4.69, 9.17) is 14.2 Å². The maximum atomic E-state index is 12.5. The van der Waals surface area contributed by atoms with E-state index in [-0.39, 0.29) is 18.4 Å². The number of carbonyl (C=O) groups is 2. The number of nitrogens with one attached hydrogen (secondary N) is 2. The average molecular weight is 420 g/mol. The zero-order chi connectivity index (χ0) is 22.1. The van der Waals surface area contributed by atoms with Crippen molar-refractivity contribution < 1.29 is 23.8 Å². The maximum absolute atomic E-state index is 12.5. The molecule has 0 saturated carbocycles. The van der Waals surface area contributed by atoms with Gasteiger partial charge in [0.15, 0.2) is 6.61 Å². The van der Waals surface area contributed by atoms with E-state index < -0.39 is 0 Å². The molecule has 0 atom stereocenters. The van der Waals surface area contributed by atoms with Crippen molar-refractivity contribution in [2.24, 2.45) is 0 Å². The third kappa shape index (κ3) is 5.99. The fraction of sp³-hybridized carbons (Fsp3) is 0.167. The Bertz CT molecular complexity index is 1030. The molecule has 0 heterocycles. The highest BCUT2D eigenvalue weighted by molar-refractivity contribution is 6.05. The fourth-order valence-corrected chi connectivity index (χ4v) is 2.83. The summed E-state index contributed by atoms with van der Waals surface area (Å²) in [5.41, 5.74) is 1.62. The molecule has 0 aliphatic carbocycles. The molecule has 3 rings (SSSR count). The van der Waals surface area contributed by atoms with Gasteiger partial charge < -0.3 is 24.8 Å². The lowest BCUT2D eigenvalue weighted by Gasteiger charge is -2.12. The van der Waals surface area contributed by atoms with Gasteiger partial charge in [0.25, 0.3) is 11.8 Å². The van der Waals surface area contributed by atoms with Crippen LogP contribution in [0.15, 0.2) is 72.8 Å². The number of hydrogen-bond donors (Lipinski definition) is 2. The van der Waals surface area contributed by atoms with E-state index in [0.29, 0.717) is 40.8 Å². The molecule has 0 fully saturated rings. The van der Waals surface area contributed by atoms with E-state index in [1.807, 2.05) is 31.2 Å². The quantitative estimate of drug-likeness (QED) is 0.537. The predicted molar refractivity (Wildman–Crippen MR) is 119 cm³/mol. The number of rotatable bonds is 9. The smallest absolute Gasteiger partial charge is 0.262 e. The molecule has 2 N–H and O–H groups in total. The van der Waals surface area contributed by atoms with Gasteiger partial charge in [0.2, 0.25) is 0 Å². The Morgan fingerprint density at radius 2 is 1.39 bits per heavy atom. The molecule has 0 unspecified atom stereocenters. The Labute approximate surface area is 180 Å². The fourth-order valence-electron chi connectivity index (χ4n) is 2.83. The van der Waals surface area contributed by atoms with Crippen molar-refractivity contribution in [1.82, 2.24) is 0 Å². The van der Waals surface area contributed by atoms with Gasteiger partial charge in [-0.1, -0.05) is 24.3 Å². The Balaban J connectivity index is 1.55. The number of carbonyl (C=O) groups excluding carboxylic acids is 2. The number of ether oxygens (including phenoxy) is 3. The van der Waals surface area contributed by atoms with Crippen LogP contribution in [0.1, 0.15) is 17.3 Å². The summed E-state index contributed by atoms with van der Waals surface area (Å²) in [7, 11) is 1.54. The Hall–Kier alpha value is -4.00. The molecule has 0 aromatic heterocycles. The topological polar surface area (TPSA) is 85.9 Å². The molecule has 7 heteroatoms. The maximum Gasteiger partial charge on any atom is 0.262 e. The molecule has 31 heavy (non-hydrogen) atoms. The van der Waals surface area contributed by atoms with Crippen LogP contribution in [0.4, 0.5) is 11.4 Å². The molecular weight excluding hydrogens is 396 g/mol. The summed E-state index contributed by atoms with van der Waals surface area (Å²) < 4.78 is 16.3. The SMILES string of the molecule is CCOc1ccccc1NC(=O)COc1ccc(C(=O)Nc2ccccc2OC)cc1. The van der Waals surface area contributed by atoms with Crippen molar-refractivity contribution >= 4 is 23.2 Å². The van der Waals surface area contributed by atoms with Crippen molar-refractivity contribution in [3.8, 4) is 17.2 Å². The van der Waals surface area contributed by atoms with Gasteiger partial charge in [0.1, 0.15) is 17.2 Å². The highest BCUT2D eigenvalue weighted by atomic mass is 16.5. The van der Waals surface area contributed by atoms with Gasteiger partial charge in [-0.2, -0.15) is 0 Å². The number of benzene rings is 3. The van der Waals surface area contributed by atoms with Crippen LogP contribution >= 0.6 is 0 Å². The summed E-state index contributed by atoms with van der Waals surface area (Å²) in [6.45, 7) is 2.20. The first-order valence-corrected chi connectivity index (χ1v) is 9.79. The molecule has 0 bridgehead atoms. The monoisotopic (exact) mass is 420 g/mol. The third-order valence-electron chi connectivity index (χ3n) is 4.30. The second kappa shape index (κ2) is 10.7. The van der Waals surface area contributed by atoms with E-state index in [1.165, 1.54) is 0 Å². The summed E-state index contributed by atoms with van der Waals surface area (Å²) in [4.78, 5) is 24.7. The minimum Gasteiger partial charge on any atom is -0.495 e. The van der Waals surface area contributed by atoms with Crippen LogP contribution in [-0.2, 0) is 4.79 Å². The Kier molecular flexibility index (Phi) is 7.48. The molecule has 160 valence electrons. The molecule has 0 radical (unpaired) electrons. The van der Waals surface area contributed by atoms with Crippen molar-refractivity contribution in [1.29, 1.82) is 0 Å². The van der Waals surface area contributed by atoms with Crippen molar-refractivity contribution in [2.75, 3.05) is 31.0 Å². The number of anilines is 2. The van der Waals surface area contributed by atoms with Gasteiger partial charge in [-0.3, -0.25) is 9.59 Å². The molecule has 2 amide bonds. The van der Waals surface area contributed by atoms with Gasteiger partial charge in [-0.15, -0.1) is 0 Å². The minimum atomic E-state index is -0.315. The molecule has 7 nitrogen and oxygen atoms in total. The first kappa shape index (κ1) is 21.7. The van der Waals surface area contributed by atoms with Crippen LogP contribution in [0.3, 0.4) is 0 Å². The molecule has 0 aliphatic heterocycles. The van der Waals surface area contributed by atoms with E-state index in [1.54, 1.807) is 55.6 Å². The van der Waals surface area contributed by atoms with Crippen LogP contribution in [-0.4, -0.2) is 32.1 Å². The van der Waals surface area contributed by atoms with Gasteiger partial charge in [0.05, 0.1) is 25.1 Å². The number of amides is 2. The third-order valence-corrected chi connectivity index (χ3v) is 4.30. The summed E-state index contributed by atoms with van der Waals surface area (Å²) in [5, 5.41) is 5.58. The second-order valence-electron chi connectivity index (χ2n) is 6.44. The summed E-state index contributed by atoms with van der Waals surface area (Å²) in [6.07, 6.45) is 0. The number of hydrogen-bond acceptors (Lipinski definition) is 5. The van der Waals surface area contributed by atoms with E-state index >= 15 is 0 Å². The second-order valence-corrected chi connectivity index (χ2v) is 6.44. The van der Waals surface area contributed by atoms with Gasteiger partial charge >= 0.3 is 0 Å². The predicted octanol–water partition coefficient (Wildman–Crippen LogP) is 4.36. The molecule has 3 aromatic carbocycles. The molecule has 0 aliphatic rings. The summed E-state index contributed by atoms with van der Waals surface area (Å²) in [6, 6.07) is 20.9. The standard InChI is InChI=1S/C24H24N2O5/c1-3-30-22-11-7-5-9-20(22)25-23(27)16-31-18-14-12-17(13-15-18)24(28)26-19-8-4-6-10-21(19)29-2/h4-15H,3,16H2,1-2H3,(H,25,27)(H,26,28). The summed E-state index contributed by atoms with van der Waals surface area (Å²) >= 11 is 0. The summed E-state index contributed by atoms with van der Waals surface area (Å²) in [5.74, 6) is 1.06. The molecular formula is C24H24N2O5. The highest BCUT2D eigenvalue weighted by Gasteiger charge is 2.11. The van der Waals surface area contributed by atoms with Gasteiger partial charge in [-0.25, -0.2) is 0 Å². The lowest BCUT2D eigenvalue weighted by Crippen LogP contribution is -2.20. The largest absolute Gasteiger partial charge is 0.495 e. The van der Waals surface area contributed by atoms with Crippen molar-refractivity contribution in [3.05, 3.63) is 78.4 Å². The van der Waals surface area contributed by atoms with Gasteiger partial charge in [-0.05, 0) is 55.5 Å². The van der Waals surface area contributed by atoms with Crippen LogP contribution in [0.5, 0.6) is 17.2 Å².